The van der Waals surface area contributed by atoms with Crippen LogP contribution in [0.4, 0.5) is 10.1 Å². The first-order chi connectivity index (χ1) is 7.29. The molecule has 0 bridgehead atoms. The predicted octanol–water partition coefficient (Wildman–Crippen LogP) is 3.19. The van der Waals surface area contributed by atoms with Crippen LogP contribution >= 0.6 is 0 Å². The Kier molecular flexibility index (Phi) is 3.09. The lowest BCUT2D eigenvalue weighted by Gasteiger charge is -2.28. The second-order valence-corrected chi connectivity index (χ2v) is 3.85. The molecule has 0 unspecified atom stereocenters. The van der Waals surface area contributed by atoms with Crippen molar-refractivity contribution in [3.05, 3.63) is 24.0 Å². The van der Waals surface area contributed by atoms with Gasteiger partial charge in [-0.25, -0.2) is 4.39 Å². The molecule has 0 aromatic heterocycles. The molecule has 82 valence electrons. The fourth-order valence-electron chi connectivity index (χ4n) is 1.66. The van der Waals surface area contributed by atoms with Gasteiger partial charge in [0.1, 0.15) is 11.6 Å². The van der Waals surface area contributed by atoms with Gasteiger partial charge < -0.3 is 10.1 Å². The van der Waals surface area contributed by atoms with Gasteiger partial charge in [0.05, 0.1) is 12.3 Å². The number of rotatable bonds is 4. The number of hydrogen-bond acceptors (Lipinski definition) is 2. The number of anilines is 1. The lowest BCUT2D eigenvalue weighted by molar-refractivity contribution is 0.338. The Hall–Kier alpha value is -1.25. The van der Waals surface area contributed by atoms with Crippen LogP contribution in [0.25, 0.3) is 0 Å². The number of halogens is 1. The highest BCUT2D eigenvalue weighted by molar-refractivity contribution is 5.57. The molecule has 1 aromatic rings. The SMILES string of the molecule is CCOc1cc(F)ccc1NC1CCC1. The molecule has 0 heterocycles. The topological polar surface area (TPSA) is 21.3 Å². The number of benzene rings is 1. The van der Waals surface area contributed by atoms with Gasteiger partial charge in [0, 0.05) is 12.1 Å². The first-order valence-corrected chi connectivity index (χ1v) is 5.48. The molecule has 1 fully saturated rings. The first-order valence-electron chi connectivity index (χ1n) is 5.48. The number of ether oxygens (including phenoxy) is 1. The summed E-state index contributed by atoms with van der Waals surface area (Å²) < 4.78 is 18.4. The molecule has 0 aliphatic heterocycles. The molecule has 0 amide bonds. The fourth-order valence-corrected chi connectivity index (χ4v) is 1.66. The van der Waals surface area contributed by atoms with Crippen molar-refractivity contribution in [2.75, 3.05) is 11.9 Å². The molecule has 0 spiro atoms. The third-order valence-corrected chi connectivity index (χ3v) is 2.71. The molecule has 0 saturated heterocycles. The summed E-state index contributed by atoms with van der Waals surface area (Å²) in [6.45, 7) is 2.46. The van der Waals surface area contributed by atoms with Crippen molar-refractivity contribution in [3.8, 4) is 5.75 Å². The van der Waals surface area contributed by atoms with Crippen molar-refractivity contribution in [2.45, 2.75) is 32.2 Å². The Morgan fingerprint density at radius 2 is 2.27 bits per heavy atom. The summed E-state index contributed by atoms with van der Waals surface area (Å²) in [7, 11) is 0. The molecule has 2 rings (SSSR count). The molecule has 2 nitrogen and oxygen atoms in total. The average molecular weight is 209 g/mol. The van der Waals surface area contributed by atoms with Crippen LogP contribution in [0.1, 0.15) is 26.2 Å². The van der Waals surface area contributed by atoms with Gasteiger partial charge in [-0.3, -0.25) is 0 Å². The molecular formula is C12H16FNO. The molecular weight excluding hydrogens is 193 g/mol. The van der Waals surface area contributed by atoms with E-state index in [1.165, 1.54) is 31.4 Å². The highest BCUT2D eigenvalue weighted by atomic mass is 19.1. The maximum absolute atomic E-state index is 13.0. The summed E-state index contributed by atoms with van der Waals surface area (Å²) in [4.78, 5) is 0. The van der Waals surface area contributed by atoms with Crippen molar-refractivity contribution in [2.24, 2.45) is 0 Å². The summed E-state index contributed by atoms with van der Waals surface area (Å²) >= 11 is 0. The summed E-state index contributed by atoms with van der Waals surface area (Å²) in [6.07, 6.45) is 3.68. The Labute approximate surface area is 89.4 Å². The van der Waals surface area contributed by atoms with E-state index in [4.69, 9.17) is 4.74 Å². The monoisotopic (exact) mass is 209 g/mol. The van der Waals surface area contributed by atoms with E-state index in [1.54, 1.807) is 6.07 Å². The first kappa shape index (κ1) is 10.3. The van der Waals surface area contributed by atoms with Crippen molar-refractivity contribution in [1.29, 1.82) is 0 Å². The zero-order valence-electron chi connectivity index (χ0n) is 8.92. The van der Waals surface area contributed by atoms with Crippen molar-refractivity contribution < 1.29 is 9.13 Å². The Morgan fingerprint density at radius 1 is 1.47 bits per heavy atom. The van der Waals surface area contributed by atoms with Crippen molar-refractivity contribution in [1.82, 2.24) is 0 Å². The molecule has 1 aromatic carbocycles. The molecule has 1 aliphatic carbocycles. The van der Waals surface area contributed by atoms with E-state index in [0.717, 1.165) is 5.69 Å². The summed E-state index contributed by atoms with van der Waals surface area (Å²) in [6, 6.07) is 5.18. The van der Waals surface area contributed by atoms with E-state index >= 15 is 0 Å². The normalized spacial score (nSPS) is 15.9. The third-order valence-electron chi connectivity index (χ3n) is 2.71. The largest absolute Gasteiger partial charge is 0.492 e. The zero-order valence-corrected chi connectivity index (χ0v) is 8.92. The van der Waals surface area contributed by atoms with Crippen LogP contribution in [-0.4, -0.2) is 12.6 Å². The highest BCUT2D eigenvalue weighted by Crippen LogP contribution is 2.30. The minimum atomic E-state index is -0.252. The predicted molar refractivity (Wildman–Crippen MR) is 58.8 cm³/mol. The van der Waals surface area contributed by atoms with Crippen LogP contribution in [0.15, 0.2) is 18.2 Å². The molecule has 1 aliphatic rings. The average Bonchev–Trinajstić information content (AvgIpc) is 2.14. The van der Waals surface area contributed by atoms with Gasteiger partial charge >= 0.3 is 0 Å². The lowest BCUT2D eigenvalue weighted by atomic mass is 9.93. The Morgan fingerprint density at radius 3 is 2.87 bits per heavy atom. The van der Waals surface area contributed by atoms with E-state index in [2.05, 4.69) is 5.32 Å². The van der Waals surface area contributed by atoms with Crippen LogP contribution in [0.3, 0.4) is 0 Å². The van der Waals surface area contributed by atoms with Gasteiger partial charge in [0.2, 0.25) is 0 Å². The maximum atomic E-state index is 13.0. The molecule has 3 heteroatoms. The van der Waals surface area contributed by atoms with E-state index in [0.29, 0.717) is 18.4 Å². The molecule has 15 heavy (non-hydrogen) atoms. The second kappa shape index (κ2) is 4.51. The van der Waals surface area contributed by atoms with Crippen molar-refractivity contribution >= 4 is 5.69 Å². The third kappa shape index (κ3) is 2.41. The molecule has 0 radical (unpaired) electrons. The Balaban J connectivity index is 2.12. The summed E-state index contributed by atoms with van der Waals surface area (Å²) in [5, 5.41) is 3.37. The van der Waals surface area contributed by atoms with E-state index < -0.39 is 0 Å². The van der Waals surface area contributed by atoms with Crippen LogP contribution in [-0.2, 0) is 0 Å². The van der Waals surface area contributed by atoms with Gasteiger partial charge in [0.25, 0.3) is 0 Å². The highest BCUT2D eigenvalue weighted by Gasteiger charge is 2.18. The summed E-state index contributed by atoms with van der Waals surface area (Å²) in [5.41, 5.74) is 0.906. The van der Waals surface area contributed by atoms with E-state index in [9.17, 15) is 4.39 Å². The quantitative estimate of drug-likeness (QED) is 0.822. The molecule has 1 saturated carbocycles. The van der Waals surface area contributed by atoms with Gasteiger partial charge in [-0.05, 0) is 38.3 Å². The van der Waals surface area contributed by atoms with Gasteiger partial charge in [-0.1, -0.05) is 0 Å². The van der Waals surface area contributed by atoms with Crippen molar-refractivity contribution in [3.63, 3.8) is 0 Å². The van der Waals surface area contributed by atoms with E-state index in [1.807, 2.05) is 6.92 Å². The van der Waals surface area contributed by atoms with Crippen LogP contribution < -0.4 is 10.1 Å². The zero-order chi connectivity index (χ0) is 10.7. The van der Waals surface area contributed by atoms with Crippen LogP contribution in [0, 0.1) is 5.82 Å². The van der Waals surface area contributed by atoms with E-state index in [-0.39, 0.29) is 5.82 Å². The number of hydrogen-bond donors (Lipinski definition) is 1. The number of nitrogens with one attached hydrogen (secondary N) is 1. The minimum Gasteiger partial charge on any atom is -0.492 e. The van der Waals surface area contributed by atoms with Gasteiger partial charge in [-0.2, -0.15) is 0 Å². The van der Waals surface area contributed by atoms with Crippen LogP contribution in [0.5, 0.6) is 5.75 Å². The maximum Gasteiger partial charge on any atom is 0.145 e. The van der Waals surface area contributed by atoms with Crippen LogP contribution in [0.2, 0.25) is 0 Å². The van der Waals surface area contributed by atoms with Gasteiger partial charge in [-0.15, -0.1) is 0 Å². The molecule has 1 N–H and O–H groups in total. The lowest BCUT2D eigenvalue weighted by Crippen LogP contribution is -2.27. The Bertz CT molecular complexity index is 336. The molecule has 0 atom stereocenters. The smallest absolute Gasteiger partial charge is 0.145 e. The van der Waals surface area contributed by atoms with Gasteiger partial charge in [0.15, 0.2) is 0 Å². The minimum absolute atomic E-state index is 0.252. The fraction of sp³-hybridized carbons (Fsp3) is 0.500. The standard InChI is InChI=1S/C12H16FNO/c1-2-15-12-8-9(13)6-7-11(12)14-10-4-3-5-10/h6-8,10,14H,2-5H2,1H3. The second-order valence-electron chi connectivity index (χ2n) is 3.85. The summed E-state index contributed by atoms with van der Waals surface area (Å²) in [5.74, 6) is 0.363.